The molecular formula is C21H27N5O4. The van der Waals surface area contributed by atoms with Crippen molar-refractivity contribution in [3.63, 3.8) is 0 Å². The van der Waals surface area contributed by atoms with Crippen LogP contribution in [-0.2, 0) is 4.79 Å². The molecule has 0 radical (unpaired) electrons. The number of nitrogens with one attached hydrogen (secondary N) is 3. The predicted octanol–water partition coefficient (Wildman–Crippen LogP) is 2.60. The summed E-state index contributed by atoms with van der Waals surface area (Å²) < 4.78 is 5.66. The molecule has 0 saturated carbocycles. The SMILES string of the molecule is O=C(CCCCCCNC(=O)c1cnc(N[C@H]2CCOc3ccccc32)nc1)NO. The molecule has 1 aliphatic rings. The van der Waals surface area contributed by atoms with Gasteiger partial charge in [-0.3, -0.25) is 14.8 Å². The summed E-state index contributed by atoms with van der Waals surface area (Å²) >= 11 is 0. The Morgan fingerprint density at radius 3 is 2.67 bits per heavy atom. The summed E-state index contributed by atoms with van der Waals surface area (Å²) in [6.45, 7) is 1.17. The van der Waals surface area contributed by atoms with Gasteiger partial charge in [0.1, 0.15) is 5.75 Å². The van der Waals surface area contributed by atoms with E-state index in [0.717, 1.165) is 37.0 Å². The number of benzene rings is 1. The zero-order valence-electron chi connectivity index (χ0n) is 16.8. The van der Waals surface area contributed by atoms with Gasteiger partial charge in [-0.2, -0.15) is 0 Å². The van der Waals surface area contributed by atoms with Gasteiger partial charge in [-0.15, -0.1) is 0 Å². The van der Waals surface area contributed by atoms with Crippen LogP contribution in [0.25, 0.3) is 0 Å². The molecule has 30 heavy (non-hydrogen) atoms. The number of hydrogen-bond acceptors (Lipinski definition) is 7. The molecule has 3 rings (SSSR count). The van der Waals surface area contributed by atoms with Crippen LogP contribution in [0.15, 0.2) is 36.7 Å². The first kappa shape index (κ1) is 21.5. The average molecular weight is 413 g/mol. The van der Waals surface area contributed by atoms with Crippen molar-refractivity contribution in [2.24, 2.45) is 0 Å². The fourth-order valence-corrected chi connectivity index (χ4v) is 3.29. The van der Waals surface area contributed by atoms with Gasteiger partial charge in [-0.05, 0) is 18.9 Å². The summed E-state index contributed by atoms with van der Waals surface area (Å²) in [5.41, 5.74) is 3.10. The number of aromatic nitrogens is 2. The molecule has 1 aliphatic heterocycles. The highest BCUT2D eigenvalue weighted by atomic mass is 16.5. The number of amides is 2. The highest BCUT2D eigenvalue weighted by molar-refractivity contribution is 5.93. The quantitative estimate of drug-likeness (QED) is 0.268. The van der Waals surface area contributed by atoms with E-state index in [2.05, 4.69) is 20.6 Å². The van der Waals surface area contributed by atoms with Crippen LogP contribution in [0, 0.1) is 0 Å². The van der Waals surface area contributed by atoms with Gasteiger partial charge >= 0.3 is 0 Å². The van der Waals surface area contributed by atoms with Crippen LogP contribution >= 0.6 is 0 Å². The van der Waals surface area contributed by atoms with Crippen molar-refractivity contribution in [1.82, 2.24) is 20.8 Å². The Morgan fingerprint density at radius 1 is 1.10 bits per heavy atom. The molecule has 2 amide bonds. The summed E-state index contributed by atoms with van der Waals surface area (Å²) in [5, 5.41) is 14.6. The number of carbonyl (C=O) groups excluding carboxylic acids is 2. The van der Waals surface area contributed by atoms with Crippen LogP contribution in [0.2, 0.25) is 0 Å². The van der Waals surface area contributed by atoms with Gasteiger partial charge in [0.25, 0.3) is 5.91 Å². The first-order chi connectivity index (χ1) is 14.7. The number of nitrogens with zero attached hydrogens (tertiary/aromatic N) is 2. The molecule has 2 aromatic rings. The molecule has 2 heterocycles. The number of para-hydroxylation sites is 1. The third kappa shape index (κ3) is 6.15. The van der Waals surface area contributed by atoms with Gasteiger partial charge in [0.15, 0.2) is 0 Å². The van der Waals surface area contributed by atoms with Crippen LogP contribution in [0.4, 0.5) is 5.95 Å². The van der Waals surface area contributed by atoms with Gasteiger partial charge < -0.3 is 15.4 Å². The number of unbranched alkanes of at least 4 members (excludes halogenated alkanes) is 3. The van der Waals surface area contributed by atoms with E-state index in [4.69, 9.17) is 9.94 Å². The third-order valence-electron chi connectivity index (χ3n) is 4.92. The molecule has 0 saturated heterocycles. The number of hydrogen-bond donors (Lipinski definition) is 4. The molecule has 1 aromatic heterocycles. The third-order valence-corrected chi connectivity index (χ3v) is 4.92. The zero-order chi connectivity index (χ0) is 21.2. The van der Waals surface area contributed by atoms with Crippen LogP contribution in [0.3, 0.4) is 0 Å². The van der Waals surface area contributed by atoms with E-state index in [0.29, 0.717) is 37.5 Å². The molecule has 1 aromatic carbocycles. The predicted molar refractivity (Wildman–Crippen MR) is 110 cm³/mol. The van der Waals surface area contributed by atoms with E-state index in [1.54, 1.807) is 5.48 Å². The summed E-state index contributed by atoms with van der Waals surface area (Å²) in [7, 11) is 0. The van der Waals surface area contributed by atoms with Crippen molar-refractivity contribution in [2.75, 3.05) is 18.5 Å². The molecule has 0 aliphatic carbocycles. The number of anilines is 1. The van der Waals surface area contributed by atoms with E-state index in [9.17, 15) is 9.59 Å². The minimum absolute atomic E-state index is 0.0677. The second-order valence-corrected chi connectivity index (χ2v) is 7.12. The van der Waals surface area contributed by atoms with Crippen molar-refractivity contribution in [1.29, 1.82) is 0 Å². The van der Waals surface area contributed by atoms with E-state index in [1.165, 1.54) is 12.4 Å². The van der Waals surface area contributed by atoms with E-state index < -0.39 is 0 Å². The molecule has 9 heteroatoms. The first-order valence-corrected chi connectivity index (χ1v) is 10.2. The second-order valence-electron chi connectivity index (χ2n) is 7.12. The minimum atomic E-state index is -0.373. The molecule has 4 N–H and O–H groups in total. The molecule has 160 valence electrons. The first-order valence-electron chi connectivity index (χ1n) is 10.2. The van der Waals surface area contributed by atoms with Gasteiger partial charge in [0, 0.05) is 37.3 Å². The summed E-state index contributed by atoms with van der Waals surface area (Å²) in [4.78, 5) is 31.7. The Balaban J connectivity index is 1.40. The highest BCUT2D eigenvalue weighted by Crippen LogP contribution is 2.33. The Labute approximate surface area is 175 Å². The molecule has 1 atom stereocenters. The zero-order valence-corrected chi connectivity index (χ0v) is 16.8. The van der Waals surface area contributed by atoms with Crippen molar-refractivity contribution < 1.29 is 19.5 Å². The van der Waals surface area contributed by atoms with Crippen molar-refractivity contribution in [2.45, 2.75) is 44.6 Å². The molecule has 0 spiro atoms. The van der Waals surface area contributed by atoms with Crippen molar-refractivity contribution in [3.05, 3.63) is 47.8 Å². The topological polar surface area (TPSA) is 125 Å². The van der Waals surface area contributed by atoms with Crippen molar-refractivity contribution in [3.8, 4) is 5.75 Å². The van der Waals surface area contributed by atoms with Crippen LogP contribution in [0.5, 0.6) is 5.75 Å². The standard InChI is InChI=1S/C21H27N5O4/c27-19(26-29)9-3-1-2-6-11-22-20(28)15-13-23-21(24-14-15)25-17-10-12-30-18-8-5-4-7-16(17)18/h4-5,7-8,13-14,17,29H,1-3,6,9-12H2,(H,22,28)(H,26,27)(H,23,24,25)/t17-/m0/s1. The molecule has 0 bridgehead atoms. The lowest BCUT2D eigenvalue weighted by Gasteiger charge is -2.26. The number of hydroxylamine groups is 1. The van der Waals surface area contributed by atoms with Crippen LogP contribution < -0.4 is 20.9 Å². The van der Waals surface area contributed by atoms with E-state index >= 15 is 0 Å². The number of ether oxygens (including phenoxy) is 1. The second kappa shape index (κ2) is 11.1. The van der Waals surface area contributed by atoms with E-state index in [-0.39, 0.29) is 17.9 Å². The fourth-order valence-electron chi connectivity index (χ4n) is 3.29. The van der Waals surface area contributed by atoms with Gasteiger partial charge in [0.05, 0.1) is 18.2 Å². The van der Waals surface area contributed by atoms with E-state index in [1.807, 2.05) is 24.3 Å². The number of carbonyl (C=O) groups is 2. The Hall–Kier alpha value is -3.20. The van der Waals surface area contributed by atoms with Gasteiger partial charge in [0.2, 0.25) is 11.9 Å². The van der Waals surface area contributed by atoms with Gasteiger partial charge in [-0.1, -0.05) is 31.0 Å². The Morgan fingerprint density at radius 2 is 1.87 bits per heavy atom. The molecule has 9 nitrogen and oxygen atoms in total. The van der Waals surface area contributed by atoms with Gasteiger partial charge in [-0.25, -0.2) is 15.4 Å². The number of rotatable bonds is 10. The molecule has 0 unspecified atom stereocenters. The van der Waals surface area contributed by atoms with Crippen molar-refractivity contribution >= 4 is 17.8 Å². The Bertz CT molecular complexity index is 844. The average Bonchev–Trinajstić information content (AvgIpc) is 2.79. The maximum atomic E-state index is 12.2. The summed E-state index contributed by atoms with van der Waals surface area (Å²) in [6, 6.07) is 7.96. The molecular weight excluding hydrogens is 386 g/mol. The summed E-state index contributed by atoms with van der Waals surface area (Å²) in [5.74, 6) is 0.758. The Kier molecular flexibility index (Phi) is 7.96. The highest BCUT2D eigenvalue weighted by Gasteiger charge is 2.21. The lowest BCUT2D eigenvalue weighted by molar-refractivity contribution is -0.129. The monoisotopic (exact) mass is 413 g/mol. The lowest BCUT2D eigenvalue weighted by Crippen LogP contribution is -2.25. The maximum Gasteiger partial charge on any atom is 0.254 e. The largest absolute Gasteiger partial charge is 0.493 e. The van der Waals surface area contributed by atoms with Crippen LogP contribution in [0.1, 0.15) is 60.5 Å². The minimum Gasteiger partial charge on any atom is -0.493 e. The number of fused-ring (bicyclic) bond motifs is 1. The van der Waals surface area contributed by atoms with Crippen LogP contribution in [-0.4, -0.2) is 40.1 Å². The fraction of sp³-hybridized carbons (Fsp3) is 0.429. The summed E-state index contributed by atoms with van der Waals surface area (Å²) in [6.07, 6.45) is 7.43. The normalized spacial score (nSPS) is 14.9. The lowest BCUT2D eigenvalue weighted by atomic mass is 10.0. The molecule has 0 fully saturated rings. The maximum absolute atomic E-state index is 12.2. The smallest absolute Gasteiger partial charge is 0.254 e.